The van der Waals surface area contributed by atoms with E-state index in [1.54, 1.807) is 36.4 Å². The molecule has 7 nitrogen and oxygen atoms in total. The molecule has 31 heavy (non-hydrogen) atoms. The molecule has 2 N–H and O–H groups in total. The fraction of sp³-hybridized carbons (Fsp3) is 0.130. The Bertz CT molecular complexity index is 1330. The molecule has 158 valence electrons. The number of pyridine rings is 1. The molecule has 0 atom stereocenters. The van der Waals surface area contributed by atoms with E-state index in [1.165, 1.54) is 6.26 Å². The van der Waals surface area contributed by atoms with Gasteiger partial charge in [-0.3, -0.25) is 5.43 Å². The van der Waals surface area contributed by atoms with Crippen LogP contribution in [0.4, 0.5) is 5.82 Å². The van der Waals surface area contributed by atoms with E-state index in [4.69, 9.17) is 4.42 Å². The van der Waals surface area contributed by atoms with Crippen LogP contribution in [-0.2, 0) is 16.6 Å². The number of furan rings is 1. The Balaban J connectivity index is 1.46. The number of aryl methyl sites for hydroxylation is 1. The summed E-state index contributed by atoms with van der Waals surface area (Å²) in [6, 6.07) is 19.9. The molecule has 0 unspecified atom stereocenters. The SMILES string of the molecule is C/C(=N\Nc1cc(C)c2ccccc2n1)c1ccc(S(=O)(=O)NCc2ccco2)cc1. The zero-order valence-corrected chi connectivity index (χ0v) is 18.0. The third-order valence-electron chi connectivity index (χ3n) is 4.86. The van der Waals surface area contributed by atoms with Crippen molar-refractivity contribution in [2.75, 3.05) is 5.43 Å². The number of benzene rings is 2. The minimum absolute atomic E-state index is 0.0969. The Kier molecular flexibility index (Phi) is 5.83. The average molecular weight is 435 g/mol. The minimum atomic E-state index is -3.64. The normalized spacial score (nSPS) is 12.3. The first-order chi connectivity index (χ1) is 14.9. The van der Waals surface area contributed by atoms with Crippen LogP contribution in [0.5, 0.6) is 0 Å². The molecule has 4 rings (SSSR count). The number of para-hydroxylation sites is 1. The summed E-state index contributed by atoms with van der Waals surface area (Å²) < 4.78 is 32.6. The lowest BCUT2D eigenvalue weighted by atomic mass is 10.1. The van der Waals surface area contributed by atoms with E-state index in [2.05, 4.69) is 20.2 Å². The molecule has 0 saturated heterocycles. The molecule has 0 spiro atoms. The van der Waals surface area contributed by atoms with Crippen LogP contribution < -0.4 is 10.1 Å². The maximum Gasteiger partial charge on any atom is 0.240 e. The largest absolute Gasteiger partial charge is 0.468 e. The lowest BCUT2D eigenvalue weighted by Crippen LogP contribution is -2.23. The van der Waals surface area contributed by atoms with Gasteiger partial charge in [0.2, 0.25) is 10.0 Å². The first kappa shape index (κ1) is 20.8. The predicted octanol–water partition coefficient (Wildman–Crippen LogP) is 4.45. The summed E-state index contributed by atoms with van der Waals surface area (Å²) in [5, 5.41) is 5.50. The van der Waals surface area contributed by atoms with Gasteiger partial charge in [0.1, 0.15) is 11.6 Å². The minimum Gasteiger partial charge on any atom is -0.468 e. The summed E-state index contributed by atoms with van der Waals surface area (Å²) >= 11 is 0. The third kappa shape index (κ3) is 4.82. The Hall–Kier alpha value is -3.49. The molecule has 2 aromatic heterocycles. The highest BCUT2D eigenvalue weighted by atomic mass is 32.2. The summed E-state index contributed by atoms with van der Waals surface area (Å²) in [6.07, 6.45) is 1.50. The number of nitrogens with one attached hydrogen (secondary N) is 2. The molecule has 0 amide bonds. The molecular weight excluding hydrogens is 412 g/mol. The maximum absolute atomic E-state index is 12.5. The van der Waals surface area contributed by atoms with Crippen molar-refractivity contribution in [3.05, 3.63) is 89.9 Å². The number of hydrogen-bond donors (Lipinski definition) is 2. The smallest absolute Gasteiger partial charge is 0.240 e. The van der Waals surface area contributed by atoms with E-state index in [0.717, 1.165) is 22.0 Å². The van der Waals surface area contributed by atoms with Crippen molar-refractivity contribution in [2.24, 2.45) is 5.10 Å². The molecule has 2 heterocycles. The van der Waals surface area contributed by atoms with E-state index < -0.39 is 10.0 Å². The lowest BCUT2D eigenvalue weighted by molar-refractivity contribution is 0.498. The van der Waals surface area contributed by atoms with Crippen LogP contribution in [-0.4, -0.2) is 19.1 Å². The Labute approximate surface area is 180 Å². The van der Waals surface area contributed by atoms with Gasteiger partial charge in [0.15, 0.2) is 0 Å². The summed E-state index contributed by atoms with van der Waals surface area (Å²) in [5.74, 6) is 1.20. The monoisotopic (exact) mass is 434 g/mol. The highest BCUT2D eigenvalue weighted by Crippen LogP contribution is 2.20. The van der Waals surface area contributed by atoms with Gasteiger partial charge in [-0.05, 0) is 61.4 Å². The first-order valence-electron chi connectivity index (χ1n) is 9.71. The topological polar surface area (TPSA) is 96.6 Å². The van der Waals surface area contributed by atoms with Crippen molar-refractivity contribution in [1.82, 2.24) is 9.71 Å². The molecular formula is C23H22N4O3S. The van der Waals surface area contributed by atoms with Crippen LogP contribution in [0.2, 0.25) is 0 Å². The van der Waals surface area contributed by atoms with Gasteiger partial charge in [-0.15, -0.1) is 0 Å². The van der Waals surface area contributed by atoms with Gasteiger partial charge in [-0.25, -0.2) is 18.1 Å². The predicted molar refractivity (Wildman–Crippen MR) is 121 cm³/mol. The molecule has 8 heteroatoms. The second-order valence-corrected chi connectivity index (χ2v) is 8.85. The standard InChI is InChI=1S/C23H22N4O3S/c1-16-14-23(25-22-8-4-3-7-21(16)22)27-26-17(2)18-9-11-20(12-10-18)31(28,29)24-15-19-6-5-13-30-19/h3-14,24H,15H2,1-2H3,(H,25,27)/b26-17+. The molecule has 0 radical (unpaired) electrons. The van der Waals surface area contributed by atoms with Crippen LogP contribution in [0.1, 0.15) is 23.8 Å². The maximum atomic E-state index is 12.5. The molecule has 2 aromatic carbocycles. The molecule has 0 fully saturated rings. The second kappa shape index (κ2) is 8.71. The number of hydrogen-bond acceptors (Lipinski definition) is 6. The zero-order valence-electron chi connectivity index (χ0n) is 17.2. The summed E-state index contributed by atoms with van der Waals surface area (Å²) in [4.78, 5) is 4.75. The highest BCUT2D eigenvalue weighted by molar-refractivity contribution is 7.89. The van der Waals surface area contributed by atoms with Crippen molar-refractivity contribution >= 4 is 32.5 Å². The Morgan fingerprint density at radius 2 is 1.84 bits per heavy atom. The van der Waals surface area contributed by atoms with Crippen LogP contribution in [0.25, 0.3) is 10.9 Å². The third-order valence-corrected chi connectivity index (χ3v) is 6.28. The second-order valence-electron chi connectivity index (χ2n) is 7.08. The number of sulfonamides is 1. The van der Waals surface area contributed by atoms with Crippen LogP contribution in [0.15, 0.2) is 87.4 Å². The lowest BCUT2D eigenvalue weighted by Gasteiger charge is -2.08. The quantitative estimate of drug-likeness (QED) is 0.331. The van der Waals surface area contributed by atoms with Crippen molar-refractivity contribution in [1.29, 1.82) is 0 Å². The Morgan fingerprint density at radius 1 is 1.06 bits per heavy atom. The van der Waals surface area contributed by atoms with Crippen LogP contribution in [0.3, 0.4) is 0 Å². The average Bonchev–Trinajstić information content (AvgIpc) is 3.30. The number of hydrazone groups is 1. The number of nitrogens with zero attached hydrogens (tertiary/aromatic N) is 2. The molecule has 0 bridgehead atoms. The van der Waals surface area contributed by atoms with E-state index in [-0.39, 0.29) is 11.4 Å². The van der Waals surface area contributed by atoms with E-state index >= 15 is 0 Å². The van der Waals surface area contributed by atoms with Crippen molar-refractivity contribution < 1.29 is 12.8 Å². The van der Waals surface area contributed by atoms with E-state index in [1.807, 2.05) is 44.2 Å². The van der Waals surface area contributed by atoms with Gasteiger partial charge < -0.3 is 4.42 Å². The first-order valence-corrected chi connectivity index (χ1v) is 11.2. The van der Waals surface area contributed by atoms with E-state index in [9.17, 15) is 8.42 Å². The molecule has 0 aliphatic heterocycles. The zero-order chi connectivity index (χ0) is 21.8. The number of aromatic nitrogens is 1. The van der Waals surface area contributed by atoms with Gasteiger partial charge in [-0.2, -0.15) is 5.10 Å². The summed E-state index contributed by atoms with van der Waals surface area (Å²) in [5.41, 5.74) is 6.51. The molecule has 0 saturated carbocycles. The number of fused-ring (bicyclic) bond motifs is 1. The van der Waals surface area contributed by atoms with E-state index in [0.29, 0.717) is 17.3 Å². The summed E-state index contributed by atoms with van der Waals surface area (Å²) in [6.45, 7) is 3.98. The molecule has 0 aliphatic carbocycles. The molecule has 0 aliphatic rings. The van der Waals surface area contributed by atoms with Crippen molar-refractivity contribution in [3.8, 4) is 0 Å². The summed E-state index contributed by atoms with van der Waals surface area (Å²) in [7, 11) is -3.64. The fourth-order valence-electron chi connectivity index (χ4n) is 3.15. The fourth-order valence-corrected chi connectivity index (χ4v) is 4.14. The van der Waals surface area contributed by atoms with Crippen molar-refractivity contribution in [2.45, 2.75) is 25.3 Å². The molecule has 4 aromatic rings. The highest BCUT2D eigenvalue weighted by Gasteiger charge is 2.14. The van der Waals surface area contributed by atoms with Crippen LogP contribution in [0, 0.1) is 6.92 Å². The van der Waals surface area contributed by atoms with Gasteiger partial charge in [0.05, 0.1) is 28.9 Å². The van der Waals surface area contributed by atoms with Gasteiger partial charge in [0, 0.05) is 5.39 Å². The number of anilines is 1. The van der Waals surface area contributed by atoms with Crippen LogP contribution >= 0.6 is 0 Å². The van der Waals surface area contributed by atoms with Gasteiger partial charge >= 0.3 is 0 Å². The van der Waals surface area contributed by atoms with Crippen molar-refractivity contribution in [3.63, 3.8) is 0 Å². The Morgan fingerprint density at radius 3 is 2.58 bits per heavy atom. The number of rotatable bonds is 7. The van der Waals surface area contributed by atoms with Gasteiger partial charge in [0.25, 0.3) is 0 Å². The van der Waals surface area contributed by atoms with Gasteiger partial charge in [-0.1, -0.05) is 30.3 Å².